The minimum absolute atomic E-state index is 1.18. The molecule has 10 aromatic rings. The Morgan fingerprint density at radius 1 is 0.391 bits per heavy atom. The molecule has 0 saturated heterocycles. The van der Waals surface area contributed by atoms with Gasteiger partial charge in [-0.2, -0.15) is 0 Å². The van der Waals surface area contributed by atoms with E-state index >= 15 is 0 Å². The Morgan fingerprint density at radius 3 is 1.63 bits per heavy atom. The molecular formula is C44H27NS. The largest absolute Gasteiger partial charge is 0.308 e. The second-order valence-corrected chi connectivity index (χ2v) is 13.1. The summed E-state index contributed by atoms with van der Waals surface area (Å²) in [5, 5.41) is 10.3. The van der Waals surface area contributed by atoms with E-state index in [1.54, 1.807) is 0 Å². The van der Waals surface area contributed by atoms with Crippen LogP contribution in [-0.2, 0) is 0 Å². The summed E-state index contributed by atoms with van der Waals surface area (Å²) < 4.78 is 5.12. The number of aromatic nitrogens is 1. The second-order valence-electron chi connectivity index (χ2n) is 12.0. The molecule has 0 amide bonds. The second kappa shape index (κ2) is 9.90. The smallest absolute Gasteiger partial charge is 0.0727 e. The summed E-state index contributed by atoms with van der Waals surface area (Å²) in [6, 6.07) is 60.0. The summed E-state index contributed by atoms with van der Waals surface area (Å²) in [5.41, 5.74) is 8.86. The van der Waals surface area contributed by atoms with E-state index in [9.17, 15) is 0 Å². The van der Waals surface area contributed by atoms with E-state index in [-0.39, 0.29) is 0 Å². The van der Waals surface area contributed by atoms with E-state index in [0.717, 1.165) is 0 Å². The van der Waals surface area contributed by atoms with E-state index in [2.05, 4.69) is 168 Å². The fourth-order valence-electron chi connectivity index (χ4n) is 7.71. The van der Waals surface area contributed by atoms with E-state index in [0.29, 0.717) is 0 Å². The van der Waals surface area contributed by atoms with Crippen molar-refractivity contribution in [1.29, 1.82) is 0 Å². The molecule has 0 bridgehead atoms. The molecule has 2 heteroatoms. The van der Waals surface area contributed by atoms with Gasteiger partial charge in [-0.3, -0.25) is 0 Å². The number of nitrogens with zero attached hydrogens (tertiary/aromatic N) is 1. The molecule has 214 valence electrons. The van der Waals surface area contributed by atoms with Crippen LogP contribution in [0.2, 0.25) is 0 Å². The lowest BCUT2D eigenvalue weighted by Gasteiger charge is -2.19. The Bertz CT molecular complexity index is 2740. The van der Waals surface area contributed by atoms with Crippen LogP contribution in [0.1, 0.15) is 0 Å². The number of fused-ring (bicyclic) bond motifs is 8. The Kier molecular flexibility index (Phi) is 5.51. The molecule has 0 aliphatic heterocycles. The lowest BCUT2D eigenvalue weighted by molar-refractivity contribution is 1.19. The molecule has 0 unspecified atom stereocenters. The van der Waals surface area contributed by atoms with Crippen molar-refractivity contribution in [2.24, 2.45) is 0 Å². The van der Waals surface area contributed by atoms with Crippen LogP contribution in [0.4, 0.5) is 0 Å². The van der Waals surface area contributed by atoms with Gasteiger partial charge in [0.2, 0.25) is 0 Å². The average molecular weight is 602 g/mol. The summed E-state index contributed by atoms with van der Waals surface area (Å²) in [6.45, 7) is 0. The summed E-state index contributed by atoms with van der Waals surface area (Å²) in [5.74, 6) is 0. The summed E-state index contributed by atoms with van der Waals surface area (Å²) in [7, 11) is 0. The first kappa shape index (κ1) is 25.6. The van der Waals surface area contributed by atoms with Crippen molar-refractivity contribution in [1.82, 2.24) is 4.57 Å². The molecular weight excluding hydrogens is 575 g/mol. The van der Waals surface area contributed by atoms with Crippen LogP contribution >= 0.6 is 11.3 Å². The van der Waals surface area contributed by atoms with E-state index in [1.165, 1.54) is 91.5 Å². The molecule has 8 aromatic carbocycles. The van der Waals surface area contributed by atoms with Crippen LogP contribution < -0.4 is 0 Å². The fourth-order valence-corrected chi connectivity index (χ4v) is 8.97. The lowest BCUT2D eigenvalue weighted by atomic mass is 9.84. The van der Waals surface area contributed by atoms with Gasteiger partial charge in [-0.25, -0.2) is 0 Å². The van der Waals surface area contributed by atoms with E-state index < -0.39 is 0 Å². The zero-order chi connectivity index (χ0) is 30.2. The maximum Gasteiger partial charge on any atom is 0.0727 e. The maximum absolute atomic E-state index is 2.47. The van der Waals surface area contributed by atoms with Gasteiger partial charge in [0.25, 0.3) is 0 Å². The highest BCUT2D eigenvalue weighted by atomic mass is 32.1. The molecule has 0 radical (unpaired) electrons. The van der Waals surface area contributed by atoms with Gasteiger partial charge >= 0.3 is 0 Å². The molecule has 0 aliphatic carbocycles. The number of hydrogen-bond acceptors (Lipinski definition) is 1. The van der Waals surface area contributed by atoms with Gasteiger partial charge in [0.1, 0.15) is 0 Å². The van der Waals surface area contributed by atoms with Crippen molar-refractivity contribution in [2.75, 3.05) is 0 Å². The van der Waals surface area contributed by atoms with Crippen molar-refractivity contribution < 1.29 is 0 Å². The number of thiophene rings is 1. The predicted molar refractivity (Wildman–Crippen MR) is 200 cm³/mol. The van der Waals surface area contributed by atoms with Crippen molar-refractivity contribution in [3.63, 3.8) is 0 Å². The van der Waals surface area contributed by atoms with Crippen LogP contribution in [-0.4, -0.2) is 4.57 Å². The van der Waals surface area contributed by atoms with Gasteiger partial charge in [-0.05, 0) is 78.8 Å². The number of rotatable bonds is 3. The van der Waals surface area contributed by atoms with Crippen LogP contribution in [0.15, 0.2) is 164 Å². The molecule has 2 aromatic heterocycles. The van der Waals surface area contributed by atoms with Crippen molar-refractivity contribution >= 4 is 74.9 Å². The maximum atomic E-state index is 2.47. The Balaban J connectivity index is 1.40. The average Bonchev–Trinajstić information content (AvgIpc) is 3.65. The normalized spacial score (nSPS) is 11.9. The van der Waals surface area contributed by atoms with Gasteiger partial charge in [0.05, 0.1) is 15.7 Å². The Hall–Kier alpha value is -5.70. The third-order valence-electron chi connectivity index (χ3n) is 9.58. The molecule has 0 aliphatic rings. The first-order valence-corrected chi connectivity index (χ1v) is 16.6. The monoisotopic (exact) mass is 601 g/mol. The third kappa shape index (κ3) is 3.56. The van der Waals surface area contributed by atoms with E-state index in [1.807, 2.05) is 11.3 Å². The standard InChI is InChI=1S/C44H27NS/c1-2-16-29(17-3-1)45-38-26-13-25-37(42(38)44-43(45)36-23-10-11-27-39(36)46-44)41-34-21-8-6-19-32(34)40(33-20-7-9-22-35(33)41)31-24-12-15-28-14-4-5-18-30(28)31/h1-27H. The van der Waals surface area contributed by atoms with Gasteiger partial charge in [0.15, 0.2) is 0 Å². The number of benzene rings is 8. The molecule has 0 fully saturated rings. The van der Waals surface area contributed by atoms with E-state index in [4.69, 9.17) is 0 Å². The molecule has 10 rings (SSSR count). The zero-order valence-corrected chi connectivity index (χ0v) is 25.8. The highest BCUT2D eigenvalue weighted by Crippen LogP contribution is 2.50. The molecule has 1 nitrogen and oxygen atoms in total. The molecule has 46 heavy (non-hydrogen) atoms. The molecule has 2 heterocycles. The molecule has 0 N–H and O–H groups in total. The highest BCUT2D eigenvalue weighted by molar-refractivity contribution is 7.26. The Labute approximate surface area is 270 Å². The Morgan fingerprint density at radius 2 is 0.913 bits per heavy atom. The minimum atomic E-state index is 1.18. The molecule has 0 spiro atoms. The quantitative estimate of drug-likeness (QED) is 0.178. The lowest BCUT2D eigenvalue weighted by Crippen LogP contribution is -1.94. The molecule has 0 saturated carbocycles. The first-order chi connectivity index (χ1) is 22.9. The highest BCUT2D eigenvalue weighted by Gasteiger charge is 2.23. The summed E-state index contributed by atoms with van der Waals surface area (Å²) in [6.07, 6.45) is 0. The number of para-hydroxylation sites is 1. The minimum Gasteiger partial charge on any atom is -0.308 e. The zero-order valence-electron chi connectivity index (χ0n) is 24.9. The number of hydrogen-bond donors (Lipinski definition) is 0. The SMILES string of the molecule is c1ccc(-n2c3cccc(-c4c5ccccc5c(-c5cccc6ccccc56)c5ccccc45)c3c3sc4ccccc4c32)cc1. The van der Waals surface area contributed by atoms with Crippen LogP contribution in [0.5, 0.6) is 0 Å². The summed E-state index contributed by atoms with van der Waals surface area (Å²) in [4.78, 5) is 0. The van der Waals surface area contributed by atoms with Gasteiger partial charge in [0, 0.05) is 21.2 Å². The van der Waals surface area contributed by atoms with Gasteiger partial charge in [-0.1, -0.05) is 140 Å². The first-order valence-electron chi connectivity index (χ1n) is 15.8. The molecule has 0 atom stereocenters. The fraction of sp³-hybridized carbons (Fsp3) is 0. The van der Waals surface area contributed by atoms with Crippen LogP contribution in [0, 0.1) is 0 Å². The van der Waals surface area contributed by atoms with Crippen LogP contribution in [0.3, 0.4) is 0 Å². The van der Waals surface area contributed by atoms with Crippen molar-refractivity contribution in [3.05, 3.63) is 164 Å². The van der Waals surface area contributed by atoms with Crippen molar-refractivity contribution in [3.8, 4) is 27.9 Å². The van der Waals surface area contributed by atoms with Gasteiger partial charge in [-0.15, -0.1) is 11.3 Å². The van der Waals surface area contributed by atoms with Crippen LogP contribution in [0.25, 0.3) is 91.5 Å². The summed E-state index contributed by atoms with van der Waals surface area (Å²) >= 11 is 1.91. The van der Waals surface area contributed by atoms with Gasteiger partial charge < -0.3 is 4.57 Å². The van der Waals surface area contributed by atoms with Crippen molar-refractivity contribution in [2.45, 2.75) is 0 Å². The topological polar surface area (TPSA) is 4.93 Å². The predicted octanol–water partition coefficient (Wildman–Crippen LogP) is 12.8. The third-order valence-corrected chi connectivity index (χ3v) is 10.8.